The summed E-state index contributed by atoms with van der Waals surface area (Å²) in [5.74, 6) is 1.57. The second kappa shape index (κ2) is 10.8. The molecule has 0 unspecified atom stereocenters. The zero-order chi connectivity index (χ0) is 21.3. The Bertz CT molecular complexity index is 864. The van der Waals surface area contributed by atoms with Crippen LogP contribution in [-0.4, -0.2) is 49.2 Å². The Morgan fingerprint density at radius 3 is 2.43 bits per heavy atom. The van der Waals surface area contributed by atoms with Crippen LogP contribution in [0.3, 0.4) is 0 Å². The lowest BCUT2D eigenvalue weighted by Gasteiger charge is -2.29. The first kappa shape index (κ1) is 21.9. The zero-order valence-electron chi connectivity index (χ0n) is 17.5. The van der Waals surface area contributed by atoms with Crippen LogP contribution >= 0.6 is 12.2 Å². The fraction of sp³-hybridized carbons (Fsp3) is 0.391. The fourth-order valence-electron chi connectivity index (χ4n) is 3.34. The Morgan fingerprint density at radius 2 is 1.77 bits per heavy atom. The molecule has 2 aromatic carbocycles. The molecule has 1 aliphatic rings. The van der Waals surface area contributed by atoms with Crippen molar-refractivity contribution in [1.82, 2.24) is 4.90 Å². The molecule has 0 saturated carbocycles. The van der Waals surface area contributed by atoms with Crippen LogP contribution in [0.5, 0.6) is 17.2 Å². The molecule has 0 aromatic heterocycles. The van der Waals surface area contributed by atoms with Crippen LogP contribution in [0, 0.1) is 0 Å². The lowest BCUT2D eigenvalue weighted by atomic mass is 10.1. The van der Waals surface area contributed by atoms with Crippen molar-refractivity contribution in [2.75, 3.05) is 38.7 Å². The lowest BCUT2D eigenvalue weighted by Crippen LogP contribution is -2.34. The summed E-state index contributed by atoms with van der Waals surface area (Å²) in [5, 5.41) is 2.80. The van der Waals surface area contributed by atoms with Gasteiger partial charge in [0.15, 0.2) is 18.1 Å². The maximum atomic E-state index is 12.2. The number of benzene rings is 2. The third-order valence-electron chi connectivity index (χ3n) is 4.86. The highest BCUT2D eigenvalue weighted by Gasteiger charge is 2.17. The van der Waals surface area contributed by atoms with E-state index in [1.54, 1.807) is 25.3 Å². The SMILES string of the molecule is CCOc1ccc(NC(=O)COc2ccc(C(=S)N3CCCCC3)cc2OC)cc1. The summed E-state index contributed by atoms with van der Waals surface area (Å²) in [6, 6.07) is 12.8. The summed E-state index contributed by atoms with van der Waals surface area (Å²) in [6.45, 7) is 4.38. The number of likely N-dealkylation sites (tertiary alicyclic amines) is 1. The zero-order valence-corrected chi connectivity index (χ0v) is 18.3. The monoisotopic (exact) mass is 428 g/mol. The summed E-state index contributed by atoms with van der Waals surface area (Å²) >= 11 is 5.65. The van der Waals surface area contributed by atoms with E-state index in [0.29, 0.717) is 23.8 Å². The minimum absolute atomic E-state index is 0.126. The van der Waals surface area contributed by atoms with Gasteiger partial charge in [0.25, 0.3) is 5.91 Å². The van der Waals surface area contributed by atoms with Crippen molar-refractivity contribution in [1.29, 1.82) is 0 Å². The predicted octanol–water partition coefficient (Wildman–Crippen LogP) is 4.27. The third kappa shape index (κ3) is 5.86. The molecule has 160 valence electrons. The van der Waals surface area contributed by atoms with Crippen LogP contribution in [0.4, 0.5) is 5.69 Å². The van der Waals surface area contributed by atoms with E-state index >= 15 is 0 Å². The molecule has 1 aliphatic heterocycles. The average Bonchev–Trinajstić information content (AvgIpc) is 2.79. The molecule has 2 aromatic rings. The number of carbonyl (C=O) groups excluding carboxylic acids is 1. The number of piperidine rings is 1. The van der Waals surface area contributed by atoms with Gasteiger partial charge in [0.2, 0.25) is 0 Å². The van der Waals surface area contributed by atoms with Crippen LogP contribution in [0.15, 0.2) is 42.5 Å². The van der Waals surface area contributed by atoms with Crippen molar-refractivity contribution in [3.8, 4) is 17.2 Å². The molecule has 1 fully saturated rings. The maximum Gasteiger partial charge on any atom is 0.262 e. The van der Waals surface area contributed by atoms with Crippen LogP contribution in [0.25, 0.3) is 0 Å². The Kier molecular flexibility index (Phi) is 7.90. The number of thiocarbonyl (C=S) groups is 1. The third-order valence-corrected chi connectivity index (χ3v) is 5.36. The van der Waals surface area contributed by atoms with Gasteiger partial charge in [0.1, 0.15) is 10.7 Å². The number of rotatable bonds is 8. The van der Waals surface area contributed by atoms with Gasteiger partial charge >= 0.3 is 0 Å². The van der Waals surface area contributed by atoms with E-state index in [0.717, 1.165) is 29.4 Å². The van der Waals surface area contributed by atoms with Gasteiger partial charge in [0, 0.05) is 24.3 Å². The first-order valence-electron chi connectivity index (χ1n) is 10.2. The number of ether oxygens (including phenoxy) is 3. The van der Waals surface area contributed by atoms with Crippen LogP contribution in [-0.2, 0) is 4.79 Å². The largest absolute Gasteiger partial charge is 0.494 e. The molecule has 0 aliphatic carbocycles. The number of hydrogen-bond acceptors (Lipinski definition) is 5. The van der Waals surface area contributed by atoms with Crippen molar-refractivity contribution in [3.63, 3.8) is 0 Å². The summed E-state index contributed by atoms with van der Waals surface area (Å²) in [4.78, 5) is 15.3. The second-order valence-corrected chi connectivity index (χ2v) is 7.40. The quantitative estimate of drug-likeness (QED) is 0.634. The van der Waals surface area contributed by atoms with E-state index in [2.05, 4.69) is 10.2 Å². The molecule has 0 atom stereocenters. The number of carbonyl (C=O) groups is 1. The first-order chi connectivity index (χ1) is 14.6. The highest BCUT2D eigenvalue weighted by molar-refractivity contribution is 7.80. The molecule has 1 heterocycles. The molecule has 0 radical (unpaired) electrons. The smallest absolute Gasteiger partial charge is 0.262 e. The molecule has 3 rings (SSSR count). The van der Waals surface area contributed by atoms with Crippen LogP contribution in [0.1, 0.15) is 31.7 Å². The molecular formula is C23H28N2O4S. The molecular weight excluding hydrogens is 400 g/mol. The Hall–Kier alpha value is -2.80. The van der Waals surface area contributed by atoms with Crippen molar-refractivity contribution >= 4 is 28.8 Å². The van der Waals surface area contributed by atoms with E-state index in [4.69, 9.17) is 26.4 Å². The maximum absolute atomic E-state index is 12.2. The fourth-order valence-corrected chi connectivity index (χ4v) is 3.65. The molecule has 0 bridgehead atoms. The van der Waals surface area contributed by atoms with Gasteiger partial charge in [-0.05, 0) is 68.7 Å². The number of nitrogens with one attached hydrogen (secondary N) is 1. The van der Waals surface area contributed by atoms with Gasteiger partial charge in [0.05, 0.1) is 13.7 Å². The van der Waals surface area contributed by atoms with Crippen LogP contribution < -0.4 is 19.5 Å². The molecule has 1 saturated heterocycles. The summed E-state index contributed by atoms with van der Waals surface area (Å²) in [6.07, 6.45) is 3.60. The van der Waals surface area contributed by atoms with Crippen molar-refractivity contribution in [2.24, 2.45) is 0 Å². The van der Waals surface area contributed by atoms with E-state index in [1.165, 1.54) is 19.3 Å². The highest BCUT2D eigenvalue weighted by Crippen LogP contribution is 2.29. The van der Waals surface area contributed by atoms with Crippen molar-refractivity contribution < 1.29 is 19.0 Å². The Labute approximate surface area is 183 Å². The standard InChI is InChI=1S/C23H28N2O4S/c1-3-28-19-10-8-18(9-11-19)24-22(26)16-29-20-12-7-17(15-21(20)27-2)23(30)25-13-5-4-6-14-25/h7-12,15H,3-6,13-14,16H2,1-2H3,(H,24,26). The van der Waals surface area contributed by atoms with Crippen molar-refractivity contribution in [2.45, 2.75) is 26.2 Å². The molecule has 1 N–H and O–H groups in total. The number of methoxy groups -OCH3 is 1. The van der Waals surface area contributed by atoms with Gasteiger partial charge in [-0.15, -0.1) is 0 Å². The highest BCUT2D eigenvalue weighted by atomic mass is 32.1. The molecule has 30 heavy (non-hydrogen) atoms. The average molecular weight is 429 g/mol. The van der Waals surface area contributed by atoms with Gasteiger partial charge in [-0.1, -0.05) is 12.2 Å². The lowest BCUT2D eigenvalue weighted by molar-refractivity contribution is -0.118. The predicted molar refractivity (Wildman–Crippen MR) is 122 cm³/mol. The Morgan fingerprint density at radius 1 is 1.03 bits per heavy atom. The van der Waals surface area contributed by atoms with Gasteiger partial charge in [-0.3, -0.25) is 4.79 Å². The normalized spacial score (nSPS) is 13.5. The van der Waals surface area contributed by atoms with E-state index in [9.17, 15) is 4.79 Å². The van der Waals surface area contributed by atoms with E-state index in [1.807, 2.05) is 31.2 Å². The van der Waals surface area contributed by atoms with Crippen molar-refractivity contribution in [3.05, 3.63) is 48.0 Å². The number of amides is 1. The first-order valence-corrected chi connectivity index (χ1v) is 10.6. The number of nitrogens with zero attached hydrogens (tertiary/aromatic N) is 1. The topological polar surface area (TPSA) is 60.0 Å². The second-order valence-electron chi connectivity index (χ2n) is 7.01. The number of anilines is 1. The molecule has 7 heteroatoms. The van der Waals surface area contributed by atoms with Gasteiger partial charge in [-0.25, -0.2) is 0 Å². The number of hydrogen-bond donors (Lipinski definition) is 1. The summed E-state index contributed by atoms with van der Waals surface area (Å²) in [7, 11) is 1.58. The minimum Gasteiger partial charge on any atom is -0.494 e. The Balaban J connectivity index is 1.57. The summed E-state index contributed by atoms with van der Waals surface area (Å²) < 4.78 is 16.5. The van der Waals surface area contributed by atoms with E-state index in [-0.39, 0.29) is 12.5 Å². The van der Waals surface area contributed by atoms with E-state index < -0.39 is 0 Å². The van der Waals surface area contributed by atoms with Gasteiger partial charge in [-0.2, -0.15) is 0 Å². The van der Waals surface area contributed by atoms with Gasteiger partial charge < -0.3 is 24.4 Å². The van der Waals surface area contributed by atoms with Crippen LogP contribution in [0.2, 0.25) is 0 Å². The molecule has 6 nitrogen and oxygen atoms in total. The minimum atomic E-state index is -0.255. The molecule has 0 spiro atoms. The summed E-state index contributed by atoms with van der Waals surface area (Å²) in [5.41, 5.74) is 1.61. The molecule has 1 amide bonds.